The van der Waals surface area contributed by atoms with Crippen molar-refractivity contribution in [3.05, 3.63) is 97.3 Å². The SMILES string of the molecule is COc1cc(/C=C2\SC(=O)N(Cc3ccc(Br)cc3)C2=O)c(Br)cc1OCc1ccccc1. The van der Waals surface area contributed by atoms with Crippen molar-refractivity contribution in [2.24, 2.45) is 0 Å². The Morgan fingerprint density at radius 3 is 2.36 bits per heavy atom. The van der Waals surface area contributed by atoms with E-state index in [4.69, 9.17) is 9.47 Å². The van der Waals surface area contributed by atoms with E-state index >= 15 is 0 Å². The molecule has 33 heavy (non-hydrogen) atoms. The Bertz CT molecular complexity index is 1210. The lowest BCUT2D eigenvalue weighted by Crippen LogP contribution is -2.27. The van der Waals surface area contributed by atoms with E-state index in [1.807, 2.05) is 54.6 Å². The largest absolute Gasteiger partial charge is 0.493 e. The van der Waals surface area contributed by atoms with E-state index in [9.17, 15) is 9.59 Å². The second kappa shape index (κ2) is 10.6. The molecule has 4 rings (SSSR count). The molecule has 1 saturated heterocycles. The van der Waals surface area contributed by atoms with E-state index in [-0.39, 0.29) is 17.7 Å². The van der Waals surface area contributed by atoms with Crippen LogP contribution in [0.5, 0.6) is 11.5 Å². The summed E-state index contributed by atoms with van der Waals surface area (Å²) in [6.07, 6.45) is 1.69. The fraction of sp³-hybridized carbons (Fsp3) is 0.120. The molecule has 3 aromatic rings. The van der Waals surface area contributed by atoms with Gasteiger partial charge in [-0.25, -0.2) is 0 Å². The molecule has 2 amide bonds. The average molecular weight is 589 g/mol. The fourth-order valence-electron chi connectivity index (χ4n) is 3.22. The Morgan fingerprint density at radius 1 is 0.939 bits per heavy atom. The minimum absolute atomic E-state index is 0.228. The van der Waals surface area contributed by atoms with Crippen molar-refractivity contribution in [2.45, 2.75) is 13.2 Å². The van der Waals surface area contributed by atoms with Gasteiger partial charge in [-0.2, -0.15) is 0 Å². The number of benzene rings is 3. The number of hydrogen-bond donors (Lipinski definition) is 0. The highest BCUT2D eigenvalue weighted by Gasteiger charge is 2.35. The van der Waals surface area contributed by atoms with Crippen molar-refractivity contribution in [1.29, 1.82) is 0 Å². The molecular weight excluding hydrogens is 570 g/mol. The van der Waals surface area contributed by atoms with Gasteiger partial charge in [0, 0.05) is 8.95 Å². The molecule has 1 aliphatic rings. The highest BCUT2D eigenvalue weighted by Crippen LogP contribution is 2.38. The Balaban J connectivity index is 1.53. The number of carbonyl (C=O) groups excluding carboxylic acids is 2. The van der Waals surface area contributed by atoms with Crippen molar-refractivity contribution in [1.82, 2.24) is 4.90 Å². The van der Waals surface area contributed by atoms with Gasteiger partial charge in [0.05, 0.1) is 18.6 Å². The van der Waals surface area contributed by atoms with Crippen LogP contribution >= 0.6 is 43.6 Å². The maximum absolute atomic E-state index is 12.9. The number of amides is 2. The summed E-state index contributed by atoms with van der Waals surface area (Å²) in [4.78, 5) is 27.0. The molecule has 0 atom stereocenters. The lowest BCUT2D eigenvalue weighted by atomic mass is 10.1. The third-order valence-corrected chi connectivity index (χ3v) is 7.06. The third-order valence-electron chi connectivity index (χ3n) is 4.93. The van der Waals surface area contributed by atoms with Crippen molar-refractivity contribution < 1.29 is 19.1 Å². The fourth-order valence-corrected chi connectivity index (χ4v) is 4.75. The molecule has 0 aromatic heterocycles. The van der Waals surface area contributed by atoms with E-state index in [1.165, 1.54) is 4.90 Å². The topological polar surface area (TPSA) is 55.8 Å². The summed E-state index contributed by atoms with van der Waals surface area (Å²) in [6, 6.07) is 21.0. The zero-order valence-electron chi connectivity index (χ0n) is 17.6. The molecule has 1 heterocycles. The maximum Gasteiger partial charge on any atom is 0.293 e. The first-order valence-electron chi connectivity index (χ1n) is 9.98. The first-order valence-corrected chi connectivity index (χ1v) is 12.4. The molecule has 1 fully saturated rings. The van der Waals surface area contributed by atoms with Gasteiger partial charge in [-0.15, -0.1) is 0 Å². The lowest BCUT2D eigenvalue weighted by molar-refractivity contribution is -0.123. The van der Waals surface area contributed by atoms with Crippen molar-refractivity contribution in [3.8, 4) is 11.5 Å². The van der Waals surface area contributed by atoms with Crippen LogP contribution < -0.4 is 9.47 Å². The van der Waals surface area contributed by atoms with Crippen LogP contribution in [0.25, 0.3) is 6.08 Å². The molecule has 0 N–H and O–H groups in total. The summed E-state index contributed by atoms with van der Waals surface area (Å²) < 4.78 is 13.1. The van der Waals surface area contributed by atoms with Gasteiger partial charge >= 0.3 is 0 Å². The number of thioether (sulfide) groups is 1. The predicted octanol–water partition coefficient (Wildman–Crippen LogP) is 7.04. The number of nitrogens with zero attached hydrogens (tertiary/aromatic N) is 1. The first kappa shape index (κ1) is 23.6. The summed E-state index contributed by atoms with van der Waals surface area (Å²) in [5.41, 5.74) is 2.64. The van der Waals surface area contributed by atoms with Gasteiger partial charge in [0.2, 0.25) is 0 Å². The van der Waals surface area contributed by atoms with Gasteiger partial charge in [0.15, 0.2) is 11.5 Å². The van der Waals surface area contributed by atoms with Crippen molar-refractivity contribution in [2.75, 3.05) is 7.11 Å². The Labute approximate surface area is 213 Å². The molecule has 0 unspecified atom stereocenters. The monoisotopic (exact) mass is 587 g/mol. The van der Waals surface area contributed by atoms with Crippen molar-refractivity contribution >= 4 is 60.8 Å². The average Bonchev–Trinajstić information content (AvgIpc) is 3.08. The van der Waals surface area contributed by atoms with Gasteiger partial charge in [-0.1, -0.05) is 74.3 Å². The minimum Gasteiger partial charge on any atom is -0.493 e. The van der Waals surface area contributed by atoms with Crippen molar-refractivity contribution in [3.63, 3.8) is 0 Å². The van der Waals surface area contributed by atoms with Crippen LogP contribution in [0.4, 0.5) is 4.79 Å². The standard InChI is InChI=1S/C25H19Br2NO4S/c1-31-21-11-18(20(27)13-22(21)32-15-17-5-3-2-4-6-17)12-23-24(29)28(25(30)33-23)14-16-7-9-19(26)10-8-16/h2-13H,14-15H2,1H3/b23-12-. The van der Waals surface area contributed by atoms with Crippen LogP contribution in [0.15, 0.2) is 80.6 Å². The number of rotatable bonds is 7. The first-order chi connectivity index (χ1) is 15.9. The normalized spacial score (nSPS) is 14.8. The molecule has 0 radical (unpaired) electrons. The molecule has 1 aliphatic heterocycles. The number of ether oxygens (including phenoxy) is 2. The molecule has 8 heteroatoms. The van der Waals surface area contributed by atoms with Gasteiger partial charge in [0.1, 0.15) is 6.61 Å². The summed E-state index contributed by atoms with van der Waals surface area (Å²) >= 11 is 7.87. The van der Waals surface area contributed by atoms with Crippen LogP contribution in [-0.4, -0.2) is 23.2 Å². The van der Waals surface area contributed by atoms with Gasteiger partial charge in [-0.3, -0.25) is 14.5 Å². The number of halogens is 2. The number of imide groups is 1. The van der Waals surface area contributed by atoms with Crippen LogP contribution in [-0.2, 0) is 17.9 Å². The molecule has 0 aliphatic carbocycles. The summed E-state index contributed by atoms with van der Waals surface area (Å²) in [5, 5.41) is -0.292. The lowest BCUT2D eigenvalue weighted by Gasteiger charge is -2.13. The highest BCUT2D eigenvalue weighted by atomic mass is 79.9. The van der Waals surface area contributed by atoms with Crippen LogP contribution in [0.3, 0.4) is 0 Å². The zero-order valence-corrected chi connectivity index (χ0v) is 21.6. The van der Waals surface area contributed by atoms with Crippen LogP contribution in [0.1, 0.15) is 16.7 Å². The van der Waals surface area contributed by atoms with Crippen LogP contribution in [0.2, 0.25) is 0 Å². The number of carbonyl (C=O) groups is 2. The Morgan fingerprint density at radius 2 is 1.67 bits per heavy atom. The molecule has 0 saturated carbocycles. The summed E-state index contributed by atoms with van der Waals surface area (Å²) in [5.74, 6) is 0.798. The third kappa shape index (κ3) is 5.69. The second-order valence-electron chi connectivity index (χ2n) is 7.19. The smallest absolute Gasteiger partial charge is 0.293 e. The second-order valence-corrected chi connectivity index (χ2v) is 9.96. The molecule has 5 nitrogen and oxygen atoms in total. The summed E-state index contributed by atoms with van der Waals surface area (Å²) in [6.45, 7) is 0.629. The highest BCUT2D eigenvalue weighted by molar-refractivity contribution is 9.10. The summed E-state index contributed by atoms with van der Waals surface area (Å²) in [7, 11) is 1.56. The zero-order chi connectivity index (χ0) is 23.4. The number of hydrogen-bond acceptors (Lipinski definition) is 5. The van der Waals surface area contributed by atoms with Gasteiger partial charge in [0.25, 0.3) is 11.1 Å². The quantitative estimate of drug-likeness (QED) is 0.277. The predicted molar refractivity (Wildman–Crippen MR) is 137 cm³/mol. The number of methoxy groups -OCH3 is 1. The molecule has 0 spiro atoms. The Hall–Kier alpha value is -2.55. The molecule has 3 aromatic carbocycles. The molecule has 0 bridgehead atoms. The van der Waals surface area contributed by atoms with E-state index in [2.05, 4.69) is 31.9 Å². The minimum atomic E-state index is -0.316. The molecule has 168 valence electrons. The van der Waals surface area contributed by atoms with E-state index in [0.29, 0.717) is 28.6 Å². The van der Waals surface area contributed by atoms with Gasteiger partial charge < -0.3 is 9.47 Å². The van der Waals surface area contributed by atoms with E-state index < -0.39 is 0 Å². The van der Waals surface area contributed by atoms with Crippen LogP contribution in [0, 0.1) is 0 Å². The van der Waals surface area contributed by atoms with E-state index in [0.717, 1.165) is 31.8 Å². The molecular formula is C25H19Br2NO4S. The van der Waals surface area contributed by atoms with E-state index in [1.54, 1.807) is 25.3 Å². The Kier molecular flexibility index (Phi) is 7.57. The maximum atomic E-state index is 12.9. The van der Waals surface area contributed by atoms with Gasteiger partial charge in [-0.05, 0) is 58.8 Å².